The summed E-state index contributed by atoms with van der Waals surface area (Å²) < 4.78 is 6.02. The van der Waals surface area contributed by atoms with Crippen molar-refractivity contribution in [2.45, 2.75) is 46.3 Å². The predicted molar refractivity (Wildman–Crippen MR) is 92.6 cm³/mol. The third-order valence-electron chi connectivity index (χ3n) is 3.41. The first-order valence-corrected chi connectivity index (χ1v) is 11.0. The van der Waals surface area contributed by atoms with E-state index < -0.39 is 8.07 Å². The lowest BCUT2D eigenvalue weighted by Crippen LogP contribution is -2.40. The van der Waals surface area contributed by atoms with Gasteiger partial charge in [0, 0.05) is 17.1 Å². The van der Waals surface area contributed by atoms with Gasteiger partial charge in [-0.2, -0.15) is 0 Å². The fourth-order valence-electron chi connectivity index (χ4n) is 2.05. The molecule has 0 aromatic carbocycles. The van der Waals surface area contributed by atoms with E-state index in [0.717, 1.165) is 16.6 Å². The molecule has 2 N–H and O–H groups in total. The van der Waals surface area contributed by atoms with Crippen LogP contribution in [0.5, 0.6) is 11.5 Å². The fraction of sp³-hybridized carbons (Fsp3) is 0.438. The van der Waals surface area contributed by atoms with Crippen molar-refractivity contribution in [1.29, 1.82) is 0 Å². The van der Waals surface area contributed by atoms with Crippen LogP contribution in [0.1, 0.15) is 31.2 Å². The molecule has 0 unspecified atom stereocenters. The summed E-state index contributed by atoms with van der Waals surface area (Å²) in [5.41, 5.74) is 6.99. The highest BCUT2D eigenvalue weighted by molar-refractivity contribution is 6.88. The van der Waals surface area contributed by atoms with Crippen LogP contribution in [0.25, 0.3) is 0 Å². The number of hydrogen-bond acceptors (Lipinski definition) is 5. The van der Waals surface area contributed by atoms with Crippen molar-refractivity contribution in [1.82, 2.24) is 15.0 Å². The Morgan fingerprint density at radius 2 is 1.77 bits per heavy atom. The minimum absolute atomic E-state index is 0.311. The molecule has 5 nitrogen and oxygen atoms in total. The lowest BCUT2D eigenvalue weighted by Gasteiger charge is -2.20. The zero-order valence-corrected chi connectivity index (χ0v) is 15.1. The normalized spacial score (nSPS) is 11.8. The Morgan fingerprint density at radius 1 is 1.09 bits per heavy atom. The maximum Gasteiger partial charge on any atom is 0.187 e. The second-order valence-electron chi connectivity index (χ2n) is 6.78. The zero-order chi connectivity index (χ0) is 16.5. The molecule has 0 radical (unpaired) electrons. The van der Waals surface area contributed by atoms with E-state index in [4.69, 9.17) is 10.5 Å². The van der Waals surface area contributed by atoms with Crippen molar-refractivity contribution in [2.75, 3.05) is 5.73 Å². The van der Waals surface area contributed by atoms with E-state index in [2.05, 4.69) is 48.4 Å². The average molecular weight is 316 g/mol. The molecule has 0 spiro atoms. The summed E-state index contributed by atoms with van der Waals surface area (Å²) in [4.78, 5) is 12.9. The molecule has 2 aromatic heterocycles. The lowest BCUT2D eigenvalue weighted by atomic mass is 10.1. The van der Waals surface area contributed by atoms with Crippen molar-refractivity contribution in [3.63, 3.8) is 0 Å². The van der Waals surface area contributed by atoms with E-state index >= 15 is 0 Å². The van der Waals surface area contributed by atoms with E-state index in [0.29, 0.717) is 23.3 Å². The largest absolute Gasteiger partial charge is 0.451 e. The molecule has 0 atom stereocenters. The van der Waals surface area contributed by atoms with Gasteiger partial charge in [-0.15, -0.1) is 0 Å². The summed E-state index contributed by atoms with van der Waals surface area (Å²) in [5.74, 6) is 2.58. The van der Waals surface area contributed by atoms with Gasteiger partial charge in [-0.05, 0) is 18.9 Å². The molecular weight excluding hydrogens is 292 g/mol. The minimum Gasteiger partial charge on any atom is -0.451 e. The number of anilines is 1. The fourth-order valence-corrected chi connectivity index (χ4v) is 3.07. The molecule has 0 saturated heterocycles. The van der Waals surface area contributed by atoms with Crippen LogP contribution in [0.3, 0.4) is 0 Å². The molecule has 0 aliphatic heterocycles. The van der Waals surface area contributed by atoms with Crippen LogP contribution in [0, 0.1) is 6.92 Å². The molecule has 2 heterocycles. The van der Waals surface area contributed by atoms with E-state index in [-0.39, 0.29) is 0 Å². The highest BCUT2D eigenvalue weighted by Crippen LogP contribution is 2.31. The van der Waals surface area contributed by atoms with Gasteiger partial charge >= 0.3 is 0 Å². The van der Waals surface area contributed by atoms with Crippen LogP contribution >= 0.6 is 0 Å². The molecule has 0 aliphatic carbocycles. The topological polar surface area (TPSA) is 73.9 Å². The number of nitrogens with two attached hydrogens (primary N) is 1. The third kappa shape index (κ3) is 3.62. The molecule has 118 valence electrons. The number of ether oxygens (including phenoxy) is 1. The summed E-state index contributed by atoms with van der Waals surface area (Å²) in [6, 6.07) is 2.04. The Balaban J connectivity index is 2.47. The van der Waals surface area contributed by atoms with Crippen molar-refractivity contribution in [2.24, 2.45) is 0 Å². The van der Waals surface area contributed by atoms with Crippen LogP contribution < -0.4 is 15.8 Å². The van der Waals surface area contributed by atoms with Crippen molar-refractivity contribution < 1.29 is 4.74 Å². The summed E-state index contributed by atoms with van der Waals surface area (Å²) in [6.07, 6.45) is 3.54. The summed E-state index contributed by atoms with van der Waals surface area (Å²) in [6.45, 7) is 12.8. The molecule has 0 amide bonds. The quantitative estimate of drug-likeness (QED) is 0.877. The van der Waals surface area contributed by atoms with Gasteiger partial charge in [0.1, 0.15) is 19.6 Å². The minimum atomic E-state index is -1.52. The summed E-state index contributed by atoms with van der Waals surface area (Å²) in [5, 5.41) is 1.11. The van der Waals surface area contributed by atoms with E-state index in [9.17, 15) is 0 Å². The Hall–Kier alpha value is -1.95. The Labute approximate surface area is 133 Å². The first-order chi connectivity index (χ1) is 10.2. The molecule has 0 bridgehead atoms. The number of rotatable bonds is 4. The van der Waals surface area contributed by atoms with Gasteiger partial charge in [0.05, 0.1) is 6.20 Å². The smallest absolute Gasteiger partial charge is 0.187 e. The zero-order valence-electron chi connectivity index (χ0n) is 14.1. The molecule has 22 heavy (non-hydrogen) atoms. The number of hydrogen-bond donors (Lipinski definition) is 1. The van der Waals surface area contributed by atoms with Crippen molar-refractivity contribution in [3.8, 4) is 11.5 Å². The second-order valence-corrected chi connectivity index (χ2v) is 11.8. The van der Waals surface area contributed by atoms with Crippen molar-refractivity contribution >= 4 is 19.2 Å². The number of aromatic nitrogens is 3. The molecular formula is C16H24N4OSi. The van der Waals surface area contributed by atoms with Gasteiger partial charge in [-0.1, -0.05) is 33.5 Å². The SMILES string of the molecule is Cc1ncc(Oc2cc([Si](C)(C)C)ncc2C(C)C)c(N)n1. The van der Waals surface area contributed by atoms with E-state index in [1.807, 2.05) is 12.3 Å². The summed E-state index contributed by atoms with van der Waals surface area (Å²) >= 11 is 0. The Bertz CT molecular complexity index is 680. The Kier molecular flexibility index (Phi) is 4.51. The van der Waals surface area contributed by atoms with Crippen LogP contribution in [0.2, 0.25) is 19.6 Å². The highest BCUT2D eigenvalue weighted by Gasteiger charge is 2.21. The average Bonchev–Trinajstić information content (AvgIpc) is 2.40. The number of aryl methyl sites for hydroxylation is 1. The van der Waals surface area contributed by atoms with Gasteiger partial charge in [-0.3, -0.25) is 4.98 Å². The predicted octanol–water partition coefficient (Wildman–Crippen LogP) is 3.22. The third-order valence-corrected chi connectivity index (χ3v) is 5.22. The van der Waals surface area contributed by atoms with Crippen LogP contribution in [0.15, 0.2) is 18.5 Å². The highest BCUT2D eigenvalue weighted by atomic mass is 28.3. The standard InChI is InChI=1S/C16H24N4OSi/c1-10(2)12-8-19-15(22(4,5)6)7-13(12)21-14-9-18-11(3)20-16(14)17/h7-10H,1-6H3,(H2,17,18,20). The molecule has 2 aromatic rings. The maximum absolute atomic E-state index is 6.02. The molecule has 2 rings (SSSR count). The van der Waals surface area contributed by atoms with Gasteiger partial charge in [0.25, 0.3) is 0 Å². The first-order valence-electron chi connectivity index (χ1n) is 7.46. The number of pyridine rings is 1. The monoisotopic (exact) mass is 316 g/mol. The van der Waals surface area contributed by atoms with Crippen LogP contribution in [-0.4, -0.2) is 23.0 Å². The van der Waals surface area contributed by atoms with Crippen LogP contribution in [-0.2, 0) is 0 Å². The van der Waals surface area contributed by atoms with Gasteiger partial charge in [0.2, 0.25) is 0 Å². The summed E-state index contributed by atoms with van der Waals surface area (Å²) in [7, 11) is -1.52. The van der Waals surface area contributed by atoms with Gasteiger partial charge in [0.15, 0.2) is 11.6 Å². The van der Waals surface area contributed by atoms with Crippen molar-refractivity contribution in [3.05, 3.63) is 29.8 Å². The molecule has 0 aliphatic rings. The number of nitrogens with zero attached hydrogens (tertiary/aromatic N) is 3. The second kappa shape index (κ2) is 6.04. The van der Waals surface area contributed by atoms with Gasteiger partial charge in [-0.25, -0.2) is 9.97 Å². The van der Waals surface area contributed by atoms with E-state index in [1.54, 1.807) is 13.1 Å². The Morgan fingerprint density at radius 3 is 2.32 bits per heavy atom. The number of nitrogen functional groups attached to an aromatic ring is 1. The first kappa shape index (κ1) is 16.4. The lowest BCUT2D eigenvalue weighted by molar-refractivity contribution is 0.470. The molecule has 6 heteroatoms. The maximum atomic E-state index is 6.02. The molecule has 0 fully saturated rings. The van der Waals surface area contributed by atoms with E-state index in [1.165, 1.54) is 0 Å². The van der Waals surface area contributed by atoms with Crippen LogP contribution in [0.4, 0.5) is 5.82 Å². The van der Waals surface area contributed by atoms with Gasteiger partial charge < -0.3 is 10.5 Å². The molecule has 0 saturated carbocycles.